The van der Waals surface area contributed by atoms with Gasteiger partial charge in [-0.05, 0) is 91.2 Å². The fourth-order valence-electron chi connectivity index (χ4n) is 6.48. The van der Waals surface area contributed by atoms with E-state index in [1.54, 1.807) is 0 Å². The van der Waals surface area contributed by atoms with Gasteiger partial charge in [-0.15, -0.1) is 5.10 Å². The largest absolute Gasteiger partial charge is 0.369 e. The van der Waals surface area contributed by atoms with Gasteiger partial charge < -0.3 is 9.88 Å². The number of aryl methyl sites for hydroxylation is 4. The predicted molar refractivity (Wildman–Crippen MR) is 151 cm³/mol. The third kappa shape index (κ3) is 4.51. The number of hydrogen-bond acceptors (Lipinski definition) is 6. The van der Waals surface area contributed by atoms with E-state index in [4.69, 9.17) is 0 Å². The predicted octanol–water partition coefficient (Wildman–Crippen LogP) is 4.77. The molecule has 1 saturated heterocycles. The average molecular weight is 512 g/mol. The number of aromatic nitrogens is 5. The maximum atomic E-state index is 13.7. The smallest absolute Gasteiger partial charge is 0.253 e. The van der Waals surface area contributed by atoms with Crippen LogP contribution >= 0.6 is 0 Å². The quantitative estimate of drug-likeness (QED) is 0.415. The van der Waals surface area contributed by atoms with Crippen LogP contribution in [-0.4, -0.2) is 56.3 Å². The molecule has 1 saturated carbocycles. The highest BCUT2D eigenvalue weighted by atomic mass is 16.1. The third-order valence-corrected chi connectivity index (χ3v) is 8.43. The van der Waals surface area contributed by atoms with E-state index in [2.05, 4.69) is 94.4 Å². The summed E-state index contributed by atoms with van der Waals surface area (Å²) in [5.74, 6) is 0.784. The Hall–Kier alpha value is -3.52. The number of H-pyrrole nitrogens is 1. The zero-order valence-electron chi connectivity index (χ0n) is 22.9. The monoisotopic (exact) mass is 511 g/mol. The molecule has 0 radical (unpaired) electrons. The Morgan fingerprint density at radius 3 is 2.42 bits per heavy atom. The van der Waals surface area contributed by atoms with Crippen molar-refractivity contribution in [1.29, 1.82) is 0 Å². The van der Waals surface area contributed by atoms with Crippen LogP contribution in [0.1, 0.15) is 71.4 Å². The van der Waals surface area contributed by atoms with Crippen molar-refractivity contribution in [3.05, 3.63) is 80.4 Å². The summed E-state index contributed by atoms with van der Waals surface area (Å²) in [6, 6.07) is 13.0. The lowest BCUT2D eigenvalue weighted by Crippen LogP contribution is -2.49. The lowest BCUT2D eigenvalue weighted by atomic mass is 9.99. The average Bonchev–Trinajstić information content (AvgIpc) is 3.59. The number of tetrazole rings is 1. The molecule has 3 heterocycles. The Labute approximate surface area is 223 Å². The molecule has 198 valence electrons. The highest BCUT2D eigenvalue weighted by molar-refractivity contribution is 5.83. The van der Waals surface area contributed by atoms with Crippen LogP contribution in [0.15, 0.2) is 41.2 Å². The molecule has 2 aromatic carbocycles. The van der Waals surface area contributed by atoms with Gasteiger partial charge in [0.25, 0.3) is 5.56 Å². The molecule has 6 rings (SSSR count). The summed E-state index contributed by atoms with van der Waals surface area (Å²) >= 11 is 0. The molecular formula is C30H37N7O. The van der Waals surface area contributed by atoms with Crippen LogP contribution in [0.2, 0.25) is 0 Å². The molecule has 38 heavy (non-hydrogen) atoms. The van der Waals surface area contributed by atoms with Crippen molar-refractivity contribution < 1.29 is 0 Å². The second kappa shape index (κ2) is 9.98. The minimum atomic E-state index is -0.305. The highest BCUT2D eigenvalue weighted by Crippen LogP contribution is 2.35. The molecule has 0 bridgehead atoms. The van der Waals surface area contributed by atoms with Gasteiger partial charge in [-0.3, -0.25) is 9.69 Å². The van der Waals surface area contributed by atoms with Gasteiger partial charge in [0, 0.05) is 37.4 Å². The molecule has 0 amide bonds. The maximum Gasteiger partial charge on any atom is 0.253 e. The molecule has 1 atom stereocenters. The minimum absolute atomic E-state index is 0.0626. The van der Waals surface area contributed by atoms with E-state index in [-0.39, 0.29) is 11.6 Å². The number of nitrogens with zero attached hydrogens (tertiary/aromatic N) is 6. The Morgan fingerprint density at radius 1 is 0.895 bits per heavy atom. The number of rotatable bonds is 5. The van der Waals surface area contributed by atoms with Crippen molar-refractivity contribution in [2.24, 2.45) is 0 Å². The lowest BCUT2D eigenvalue weighted by Gasteiger charge is -2.40. The SMILES string of the molecule is Cc1ccc(C)c(N2CCN([C@@H](c3cc4cc(C)cc(C)c4[nH]c3=O)c3nnnn3C3CCCC3)CC2)c1. The summed E-state index contributed by atoms with van der Waals surface area (Å²) in [5.41, 5.74) is 7.69. The molecule has 1 aliphatic heterocycles. The van der Waals surface area contributed by atoms with Gasteiger partial charge in [0.1, 0.15) is 6.04 Å². The fraction of sp³-hybridized carbons (Fsp3) is 0.467. The molecular weight excluding hydrogens is 474 g/mol. The second-order valence-corrected chi connectivity index (χ2v) is 11.2. The summed E-state index contributed by atoms with van der Waals surface area (Å²) in [6.45, 7) is 11.9. The zero-order valence-corrected chi connectivity index (χ0v) is 22.9. The van der Waals surface area contributed by atoms with Gasteiger partial charge in [0.05, 0.1) is 11.6 Å². The first-order valence-corrected chi connectivity index (χ1v) is 13.9. The van der Waals surface area contributed by atoms with E-state index in [1.807, 2.05) is 4.68 Å². The van der Waals surface area contributed by atoms with Crippen molar-refractivity contribution in [3.8, 4) is 0 Å². The second-order valence-electron chi connectivity index (χ2n) is 11.2. The van der Waals surface area contributed by atoms with Gasteiger partial charge in [-0.2, -0.15) is 0 Å². The van der Waals surface area contributed by atoms with Crippen LogP contribution in [0, 0.1) is 27.7 Å². The van der Waals surface area contributed by atoms with Crippen molar-refractivity contribution in [2.75, 3.05) is 31.1 Å². The normalized spacial score (nSPS) is 17.9. The molecule has 8 nitrogen and oxygen atoms in total. The summed E-state index contributed by atoms with van der Waals surface area (Å²) in [5, 5.41) is 14.2. The summed E-state index contributed by atoms with van der Waals surface area (Å²) < 4.78 is 2.01. The standard InChI is InChI=1S/C30H37N7O/c1-19-9-10-21(3)26(17-19)35-11-13-36(14-12-35)28(29-32-33-34-37(29)24-7-5-6-8-24)25-18-23-16-20(2)15-22(4)27(23)31-30(25)38/h9-10,15-18,24,28H,5-8,11-14H2,1-4H3,(H,31,38)/t28-/m0/s1. The van der Waals surface area contributed by atoms with E-state index in [9.17, 15) is 4.79 Å². The Kier molecular flexibility index (Phi) is 6.51. The number of piperazine rings is 1. The molecule has 2 aliphatic rings. The van der Waals surface area contributed by atoms with Crippen LogP contribution in [0.5, 0.6) is 0 Å². The number of aromatic amines is 1. The lowest BCUT2D eigenvalue weighted by molar-refractivity contribution is 0.196. The van der Waals surface area contributed by atoms with Crippen LogP contribution in [0.3, 0.4) is 0 Å². The van der Waals surface area contributed by atoms with Crippen molar-refractivity contribution in [3.63, 3.8) is 0 Å². The molecule has 2 aromatic heterocycles. The van der Waals surface area contributed by atoms with Crippen LogP contribution in [0.25, 0.3) is 10.9 Å². The topological polar surface area (TPSA) is 82.9 Å². The van der Waals surface area contributed by atoms with Gasteiger partial charge in [-0.1, -0.05) is 36.6 Å². The van der Waals surface area contributed by atoms with E-state index < -0.39 is 0 Å². The Bertz CT molecular complexity index is 1520. The van der Waals surface area contributed by atoms with E-state index in [0.717, 1.165) is 66.9 Å². The zero-order chi connectivity index (χ0) is 26.4. The Balaban J connectivity index is 1.41. The van der Waals surface area contributed by atoms with Crippen molar-refractivity contribution in [2.45, 2.75) is 65.5 Å². The van der Waals surface area contributed by atoms with Gasteiger partial charge in [-0.25, -0.2) is 4.68 Å². The van der Waals surface area contributed by atoms with Gasteiger partial charge >= 0.3 is 0 Å². The molecule has 8 heteroatoms. The third-order valence-electron chi connectivity index (χ3n) is 8.43. The summed E-state index contributed by atoms with van der Waals surface area (Å²) in [6.07, 6.45) is 4.55. The molecule has 0 spiro atoms. The van der Waals surface area contributed by atoms with Crippen LogP contribution in [0.4, 0.5) is 5.69 Å². The van der Waals surface area contributed by atoms with Gasteiger partial charge in [0.15, 0.2) is 5.82 Å². The number of hydrogen-bond donors (Lipinski definition) is 1. The molecule has 4 aromatic rings. The molecule has 1 N–H and O–H groups in total. The van der Waals surface area contributed by atoms with E-state index in [1.165, 1.54) is 35.2 Å². The number of nitrogens with one attached hydrogen (secondary N) is 1. The fourth-order valence-corrected chi connectivity index (χ4v) is 6.48. The highest BCUT2D eigenvalue weighted by Gasteiger charge is 2.35. The summed E-state index contributed by atoms with van der Waals surface area (Å²) in [4.78, 5) is 21.7. The number of pyridine rings is 1. The van der Waals surface area contributed by atoms with Gasteiger partial charge in [0.2, 0.25) is 0 Å². The molecule has 1 aliphatic carbocycles. The minimum Gasteiger partial charge on any atom is -0.369 e. The first kappa shape index (κ1) is 24.8. The van der Waals surface area contributed by atoms with Crippen LogP contribution in [-0.2, 0) is 0 Å². The number of benzene rings is 2. The van der Waals surface area contributed by atoms with Crippen molar-refractivity contribution in [1.82, 2.24) is 30.1 Å². The maximum absolute atomic E-state index is 13.7. The number of fused-ring (bicyclic) bond motifs is 1. The number of anilines is 1. The first-order chi connectivity index (χ1) is 18.4. The van der Waals surface area contributed by atoms with E-state index in [0.29, 0.717) is 6.04 Å². The summed E-state index contributed by atoms with van der Waals surface area (Å²) in [7, 11) is 0. The van der Waals surface area contributed by atoms with Crippen molar-refractivity contribution >= 4 is 16.6 Å². The molecule has 2 fully saturated rings. The first-order valence-electron chi connectivity index (χ1n) is 13.9. The van der Waals surface area contributed by atoms with Crippen LogP contribution < -0.4 is 10.5 Å². The molecule has 0 unspecified atom stereocenters. The van der Waals surface area contributed by atoms with E-state index >= 15 is 0 Å². The Morgan fingerprint density at radius 2 is 1.66 bits per heavy atom.